The van der Waals surface area contributed by atoms with E-state index in [4.69, 9.17) is 0 Å². The first-order valence-corrected chi connectivity index (χ1v) is 7.43. The molecular weight excluding hydrogens is 226 g/mol. The van der Waals surface area contributed by atoms with E-state index in [9.17, 15) is 4.79 Å². The molecule has 0 saturated carbocycles. The number of carbonyl (C=O) groups excluding carboxylic acids is 1. The zero-order chi connectivity index (χ0) is 13.0. The molecular formula is C14H27N3O. The predicted octanol–water partition coefficient (Wildman–Crippen LogP) is 0.929. The van der Waals surface area contributed by atoms with Crippen LogP contribution in [0.5, 0.6) is 0 Å². The Kier molecular flexibility index (Phi) is 5.01. The number of carbonyl (C=O) groups is 1. The fourth-order valence-electron chi connectivity index (χ4n) is 3.36. The first kappa shape index (κ1) is 13.8. The molecule has 1 amide bonds. The average Bonchev–Trinajstić information content (AvgIpc) is 2.98. The lowest BCUT2D eigenvalue weighted by Crippen LogP contribution is -2.45. The lowest BCUT2D eigenvalue weighted by molar-refractivity contribution is -0.135. The Labute approximate surface area is 111 Å². The van der Waals surface area contributed by atoms with Crippen molar-refractivity contribution in [2.24, 2.45) is 5.92 Å². The minimum Gasteiger partial charge on any atom is -0.341 e. The highest BCUT2D eigenvalue weighted by molar-refractivity contribution is 5.82. The fraction of sp³-hybridized carbons (Fsp3) is 0.929. The summed E-state index contributed by atoms with van der Waals surface area (Å²) < 4.78 is 0. The number of likely N-dealkylation sites (tertiary alicyclic amines) is 2. The summed E-state index contributed by atoms with van der Waals surface area (Å²) in [5, 5.41) is 3.22. The van der Waals surface area contributed by atoms with Gasteiger partial charge in [0, 0.05) is 13.1 Å². The molecule has 0 aromatic heterocycles. The second kappa shape index (κ2) is 6.53. The summed E-state index contributed by atoms with van der Waals surface area (Å²) in [6.45, 7) is 7.33. The lowest BCUT2D eigenvalue weighted by atomic mass is 10.1. The zero-order valence-corrected chi connectivity index (χ0v) is 11.8. The Balaban J connectivity index is 1.87. The number of hydrogen-bond donors (Lipinski definition) is 1. The van der Waals surface area contributed by atoms with Gasteiger partial charge in [0.1, 0.15) is 0 Å². The largest absolute Gasteiger partial charge is 0.341 e. The van der Waals surface area contributed by atoms with Crippen LogP contribution < -0.4 is 5.32 Å². The minimum absolute atomic E-state index is 0.179. The van der Waals surface area contributed by atoms with E-state index in [-0.39, 0.29) is 6.04 Å². The third-order valence-corrected chi connectivity index (χ3v) is 4.25. The number of amides is 1. The molecule has 0 aromatic rings. The molecule has 18 heavy (non-hydrogen) atoms. The highest BCUT2D eigenvalue weighted by Gasteiger charge is 2.35. The number of nitrogens with zero attached hydrogens (tertiary/aromatic N) is 2. The van der Waals surface area contributed by atoms with E-state index in [0.717, 1.165) is 52.0 Å². The Morgan fingerprint density at radius 3 is 2.89 bits per heavy atom. The van der Waals surface area contributed by atoms with E-state index in [2.05, 4.69) is 22.0 Å². The lowest BCUT2D eigenvalue weighted by Gasteiger charge is -2.27. The molecule has 2 aliphatic rings. The van der Waals surface area contributed by atoms with Gasteiger partial charge in [0.25, 0.3) is 0 Å². The molecule has 0 aliphatic carbocycles. The molecule has 104 valence electrons. The van der Waals surface area contributed by atoms with Gasteiger partial charge in [-0.1, -0.05) is 6.92 Å². The molecule has 2 atom stereocenters. The van der Waals surface area contributed by atoms with Gasteiger partial charge in [0.2, 0.25) is 5.91 Å². The number of nitrogens with one attached hydrogen (secondary N) is 1. The van der Waals surface area contributed by atoms with E-state index in [1.54, 1.807) is 0 Å². The van der Waals surface area contributed by atoms with Crippen LogP contribution in [0.15, 0.2) is 0 Å². The number of rotatable bonds is 5. The van der Waals surface area contributed by atoms with Gasteiger partial charge in [-0.15, -0.1) is 0 Å². The van der Waals surface area contributed by atoms with Crippen LogP contribution >= 0.6 is 0 Å². The van der Waals surface area contributed by atoms with Gasteiger partial charge in [-0.2, -0.15) is 0 Å². The monoisotopic (exact) mass is 253 g/mol. The van der Waals surface area contributed by atoms with Gasteiger partial charge in [0.05, 0.1) is 6.04 Å². The standard InChI is InChI=1S/C14H27N3O/c1-3-7-16-8-4-5-13(16)14(18)17-9-6-12(11-17)10-15-2/h12-13,15H,3-11H2,1-2H3. The van der Waals surface area contributed by atoms with Gasteiger partial charge in [-0.25, -0.2) is 0 Å². The Morgan fingerprint density at radius 1 is 1.33 bits per heavy atom. The van der Waals surface area contributed by atoms with Crippen molar-refractivity contribution in [3.8, 4) is 0 Å². The van der Waals surface area contributed by atoms with Crippen LogP contribution in [0.4, 0.5) is 0 Å². The van der Waals surface area contributed by atoms with Crippen molar-refractivity contribution in [1.82, 2.24) is 15.1 Å². The summed E-state index contributed by atoms with van der Waals surface area (Å²) in [5.41, 5.74) is 0. The summed E-state index contributed by atoms with van der Waals surface area (Å²) in [7, 11) is 1.99. The Bertz CT molecular complexity index is 282. The van der Waals surface area contributed by atoms with Crippen LogP contribution in [0.1, 0.15) is 32.6 Å². The van der Waals surface area contributed by atoms with Gasteiger partial charge in [-0.3, -0.25) is 9.69 Å². The molecule has 0 bridgehead atoms. The molecule has 2 fully saturated rings. The van der Waals surface area contributed by atoms with Crippen molar-refractivity contribution < 1.29 is 4.79 Å². The molecule has 0 radical (unpaired) electrons. The summed E-state index contributed by atoms with van der Waals surface area (Å²) >= 11 is 0. The van der Waals surface area contributed by atoms with Gasteiger partial charge >= 0.3 is 0 Å². The molecule has 2 aliphatic heterocycles. The maximum atomic E-state index is 12.5. The molecule has 2 heterocycles. The highest BCUT2D eigenvalue weighted by Crippen LogP contribution is 2.23. The van der Waals surface area contributed by atoms with Crippen molar-refractivity contribution in [3.63, 3.8) is 0 Å². The maximum Gasteiger partial charge on any atom is 0.239 e. The molecule has 2 unspecified atom stereocenters. The third-order valence-electron chi connectivity index (χ3n) is 4.25. The predicted molar refractivity (Wildman–Crippen MR) is 73.5 cm³/mol. The molecule has 0 spiro atoms. The third kappa shape index (κ3) is 3.04. The molecule has 4 nitrogen and oxygen atoms in total. The van der Waals surface area contributed by atoms with Gasteiger partial charge in [0.15, 0.2) is 0 Å². The van der Waals surface area contributed by atoms with Crippen molar-refractivity contribution in [3.05, 3.63) is 0 Å². The van der Waals surface area contributed by atoms with Crippen molar-refractivity contribution in [2.45, 2.75) is 38.6 Å². The summed E-state index contributed by atoms with van der Waals surface area (Å²) in [6.07, 6.45) is 4.55. The second-order valence-electron chi connectivity index (χ2n) is 5.69. The van der Waals surface area contributed by atoms with Crippen molar-refractivity contribution >= 4 is 5.91 Å². The van der Waals surface area contributed by atoms with Crippen molar-refractivity contribution in [2.75, 3.05) is 39.8 Å². The molecule has 1 N–H and O–H groups in total. The van der Waals surface area contributed by atoms with E-state index in [1.165, 1.54) is 6.42 Å². The van der Waals surface area contributed by atoms with Gasteiger partial charge < -0.3 is 10.2 Å². The molecule has 2 saturated heterocycles. The van der Waals surface area contributed by atoms with E-state index < -0.39 is 0 Å². The summed E-state index contributed by atoms with van der Waals surface area (Å²) in [4.78, 5) is 17.0. The summed E-state index contributed by atoms with van der Waals surface area (Å²) in [5.74, 6) is 1.04. The molecule has 0 aromatic carbocycles. The topological polar surface area (TPSA) is 35.6 Å². The SMILES string of the molecule is CCCN1CCCC1C(=O)N1CCC(CNC)C1. The normalized spacial score (nSPS) is 29.1. The smallest absolute Gasteiger partial charge is 0.239 e. The quantitative estimate of drug-likeness (QED) is 0.792. The number of hydrogen-bond acceptors (Lipinski definition) is 3. The van der Waals surface area contributed by atoms with Crippen LogP contribution in [0, 0.1) is 5.92 Å². The van der Waals surface area contributed by atoms with Crippen LogP contribution in [0.3, 0.4) is 0 Å². The first-order valence-electron chi connectivity index (χ1n) is 7.43. The van der Waals surface area contributed by atoms with Crippen LogP contribution in [-0.4, -0.2) is 61.5 Å². The van der Waals surface area contributed by atoms with E-state index >= 15 is 0 Å². The fourth-order valence-corrected chi connectivity index (χ4v) is 3.36. The Morgan fingerprint density at radius 2 is 2.17 bits per heavy atom. The van der Waals surface area contributed by atoms with Crippen LogP contribution in [0.2, 0.25) is 0 Å². The Hall–Kier alpha value is -0.610. The summed E-state index contributed by atoms with van der Waals surface area (Å²) in [6, 6.07) is 0.179. The maximum absolute atomic E-state index is 12.5. The van der Waals surface area contributed by atoms with Crippen molar-refractivity contribution in [1.29, 1.82) is 0 Å². The molecule has 4 heteroatoms. The van der Waals surface area contributed by atoms with E-state index in [1.807, 2.05) is 7.05 Å². The highest BCUT2D eigenvalue weighted by atomic mass is 16.2. The minimum atomic E-state index is 0.179. The van der Waals surface area contributed by atoms with Gasteiger partial charge in [-0.05, 0) is 58.3 Å². The average molecular weight is 253 g/mol. The van der Waals surface area contributed by atoms with Crippen LogP contribution in [-0.2, 0) is 4.79 Å². The zero-order valence-electron chi connectivity index (χ0n) is 11.8. The van der Waals surface area contributed by atoms with E-state index in [0.29, 0.717) is 11.8 Å². The van der Waals surface area contributed by atoms with Crippen LogP contribution in [0.25, 0.3) is 0 Å². The first-order chi connectivity index (χ1) is 8.76. The molecule has 2 rings (SSSR count). The second-order valence-corrected chi connectivity index (χ2v) is 5.69.